The second-order valence-corrected chi connectivity index (χ2v) is 7.17. The smallest absolute Gasteiger partial charge is 0.232 e. The largest absolute Gasteiger partial charge is 0.287 e. The Labute approximate surface area is 131 Å². The van der Waals surface area contributed by atoms with E-state index < -0.39 is 10.8 Å². The highest BCUT2D eigenvalue weighted by molar-refractivity contribution is 7.84. The summed E-state index contributed by atoms with van der Waals surface area (Å²) >= 11 is 0. The molecule has 2 heterocycles. The molecule has 0 radical (unpaired) electrons. The summed E-state index contributed by atoms with van der Waals surface area (Å²) < 4.78 is 14.0. The van der Waals surface area contributed by atoms with E-state index in [1.165, 1.54) is 0 Å². The van der Waals surface area contributed by atoms with Crippen LogP contribution < -0.4 is 0 Å². The number of fused-ring (bicyclic) bond motifs is 2. The maximum absolute atomic E-state index is 12.7. The van der Waals surface area contributed by atoms with Crippen LogP contribution in [0.15, 0.2) is 60.8 Å². The molecule has 4 rings (SSSR count). The van der Waals surface area contributed by atoms with Crippen LogP contribution in [0.4, 0.5) is 0 Å². The van der Waals surface area contributed by atoms with Crippen molar-refractivity contribution in [3.8, 4) is 0 Å². The van der Waals surface area contributed by atoms with Crippen LogP contribution in [-0.2, 0) is 16.6 Å². The first-order chi connectivity index (χ1) is 10.7. The first-order valence-corrected chi connectivity index (χ1v) is 8.66. The monoisotopic (exact) mass is 309 g/mol. The minimum atomic E-state index is -1.01. The predicted octanol–water partition coefficient (Wildman–Crippen LogP) is 3.68. The maximum Gasteiger partial charge on any atom is 0.232 e. The highest BCUT2D eigenvalue weighted by Gasteiger charge is 2.31. The molecule has 2 aromatic carbocycles. The van der Waals surface area contributed by atoms with Gasteiger partial charge in [-0.3, -0.25) is 13.6 Å². The van der Waals surface area contributed by atoms with Crippen LogP contribution >= 0.6 is 0 Å². The Morgan fingerprint density at radius 2 is 1.86 bits per heavy atom. The van der Waals surface area contributed by atoms with Gasteiger partial charge in [-0.2, -0.15) is 0 Å². The third-order valence-electron chi connectivity index (χ3n) is 4.25. The number of para-hydroxylation sites is 1. The van der Waals surface area contributed by atoms with E-state index in [0.717, 1.165) is 22.0 Å². The average molecular weight is 309 g/mol. The van der Waals surface area contributed by atoms with Crippen LogP contribution in [-0.4, -0.2) is 14.7 Å². The van der Waals surface area contributed by atoms with Crippen LogP contribution in [0.5, 0.6) is 0 Å². The summed E-state index contributed by atoms with van der Waals surface area (Å²) in [5.74, 6) is 0.553. The van der Waals surface area contributed by atoms with Crippen molar-refractivity contribution in [1.29, 1.82) is 0 Å². The van der Waals surface area contributed by atoms with Crippen molar-refractivity contribution in [2.24, 2.45) is 0 Å². The lowest BCUT2D eigenvalue weighted by atomic mass is 10.0. The van der Waals surface area contributed by atoms with Gasteiger partial charge in [-0.05, 0) is 23.3 Å². The van der Waals surface area contributed by atoms with E-state index in [-0.39, 0.29) is 17.6 Å². The van der Waals surface area contributed by atoms with Crippen molar-refractivity contribution in [2.45, 2.75) is 17.4 Å². The predicted molar refractivity (Wildman–Crippen MR) is 88.2 cm³/mol. The lowest BCUT2D eigenvalue weighted by Gasteiger charge is -2.11. The van der Waals surface area contributed by atoms with Crippen molar-refractivity contribution in [2.75, 3.05) is 0 Å². The maximum atomic E-state index is 12.7. The third-order valence-corrected chi connectivity index (χ3v) is 5.90. The van der Waals surface area contributed by atoms with Gasteiger partial charge in [-0.1, -0.05) is 42.5 Å². The van der Waals surface area contributed by atoms with Gasteiger partial charge in [0.05, 0.1) is 10.8 Å². The van der Waals surface area contributed by atoms with E-state index >= 15 is 0 Å². The molecule has 0 saturated carbocycles. The van der Waals surface area contributed by atoms with E-state index in [2.05, 4.69) is 0 Å². The van der Waals surface area contributed by atoms with Crippen molar-refractivity contribution >= 4 is 27.6 Å². The van der Waals surface area contributed by atoms with Gasteiger partial charge in [0.25, 0.3) is 0 Å². The molecule has 3 aromatic rings. The minimum Gasteiger partial charge on any atom is -0.287 e. The van der Waals surface area contributed by atoms with Crippen molar-refractivity contribution in [1.82, 2.24) is 4.57 Å². The lowest BCUT2D eigenvalue weighted by Crippen LogP contribution is -2.14. The van der Waals surface area contributed by atoms with Gasteiger partial charge in [0, 0.05) is 34.6 Å². The van der Waals surface area contributed by atoms with Gasteiger partial charge in [-0.15, -0.1) is 0 Å². The zero-order chi connectivity index (χ0) is 15.1. The zero-order valence-corrected chi connectivity index (χ0v) is 12.8. The summed E-state index contributed by atoms with van der Waals surface area (Å²) in [6.45, 7) is 0. The van der Waals surface area contributed by atoms with Gasteiger partial charge in [0.2, 0.25) is 5.91 Å². The molecule has 4 heteroatoms. The van der Waals surface area contributed by atoms with E-state index in [1.807, 2.05) is 54.6 Å². The Hall–Kier alpha value is -2.20. The summed E-state index contributed by atoms with van der Waals surface area (Å²) in [6, 6.07) is 17.6. The van der Waals surface area contributed by atoms with E-state index in [4.69, 9.17) is 0 Å². The summed E-state index contributed by atoms with van der Waals surface area (Å²) in [4.78, 5) is 12.7. The topological polar surface area (TPSA) is 39.1 Å². The first kappa shape index (κ1) is 13.5. The Morgan fingerprint density at radius 3 is 2.77 bits per heavy atom. The molecule has 0 amide bonds. The van der Waals surface area contributed by atoms with Gasteiger partial charge in [0.1, 0.15) is 0 Å². The molecule has 1 aliphatic rings. The molecule has 0 unspecified atom stereocenters. The molecule has 1 aliphatic heterocycles. The fraction of sp³-hybridized carbons (Fsp3) is 0.167. The zero-order valence-electron chi connectivity index (χ0n) is 11.9. The number of carbonyl (C=O) groups is 1. The summed E-state index contributed by atoms with van der Waals surface area (Å²) in [6.07, 6.45) is 2.08. The van der Waals surface area contributed by atoms with Gasteiger partial charge in [-0.25, -0.2) is 0 Å². The second kappa shape index (κ2) is 5.21. The summed E-state index contributed by atoms with van der Waals surface area (Å²) in [5, 5.41) is 0.855. The fourth-order valence-electron chi connectivity index (χ4n) is 3.14. The van der Waals surface area contributed by atoms with Gasteiger partial charge < -0.3 is 0 Å². The van der Waals surface area contributed by atoms with E-state index in [1.54, 1.807) is 10.8 Å². The Bertz CT molecular complexity index is 897. The molecule has 0 saturated heterocycles. The van der Waals surface area contributed by atoms with Gasteiger partial charge >= 0.3 is 0 Å². The van der Waals surface area contributed by atoms with Crippen LogP contribution in [0.1, 0.15) is 27.6 Å². The van der Waals surface area contributed by atoms with Crippen LogP contribution in [0, 0.1) is 0 Å². The molecule has 1 aromatic heterocycles. The second-order valence-electron chi connectivity index (χ2n) is 5.55. The molecule has 0 fully saturated rings. The molecule has 3 nitrogen and oxygen atoms in total. The Morgan fingerprint density at radius 1 is 1.09 bits per heavy atom. The molecular weight excluding hydrogens is 294 g/mol. The average Bonchev–Trinajstić information content (AvgIpc) is 3.09. The molecule has 22 heavy (non-hydrogen) atoms. The third kappa shape index (κ3) is 2.11. The van der Waals surface area contributed by atoms with Crippen molar-refractivity contribution in [3.05, 3.63) is 71.9 Å². The Balaban J connectivity index is 1.67. The SMILES string of the molecule is O=C(C[C@H]1c2ccccc2C[S@@]1=O)n1ccc2ccccc21. The lowest BCUT2D eigenvalue weighted by molar-refractivity contribution is 0.0907. The normalized spacial score (nSPS) is 20.2. The number of hydrogen-bond acceptors (Lipinski definition) is 2. The fourth-order valence-corrected chi connectivity index (χ4v) is 4.75. The number of benzene rings is 2. The molecule has 110 valence electrons. The molecule has 0 aliphatic carbocycles. The first-order valence-electron chi connectivity index (χ1n) is 7.28. The molecular formula is C18H15NO2S. The van der Waals surface area contributed by atoms with Crippen LogP contribution in [0.2, 0.25) is 0 Å². The molecule has 0 bridgehead atoms. The summed E-state index contributed by atoms with van der Waals surface area (Å²) in [5.41, 5.74) is 3.08. The highest BCUT2D eigenvalue weighted by atomic mass is 32.2. The number of carbonyl (C=O) groups excluding carboxylic acids is 1. The number of aromatic nitrogens is 1. The molecule has 0 N–H and O–H groups in total. The van der Waals surface area contributed by atoms with Crippen molar-refractivity contribution < 1.29 is 9.00 Å². The highest BCUT2D eigenvalue weighted by Crippen LogP contribution is 2.36. The number of nitrogens with zero attached hydrogens (tertiary/aromatic N) is 1. The van der Waals surface area contributed by atoms with E-state index in [0.29, 0.717) is 5.75 Å². The standard InChI is InChI=1S/C18H15NO2S/c20-18(19-10-9-13-5-2-4-8-16(13)19)11-17-15-7-3-1-6-14(15)12-22(17)21/h1-10,17H,11-12H2/t17-,22-/m0/s1. The van der Waals surface area contributed by atoms with E-state index in [9.17, 15) is 9.00 Å². The number of rotatable bonds is 2. The minimum absolute atomic E-state index is 0.00347. The van der Waals surface area contributed by atoms with Crippen LogP contribution in [0.25, 0.3) is 10.9 Å². The molecule has 2 atom stereocenters. The quantitative estimate of drug-likeness (QED) is 0.724. The molecule has 0 spiro atoms. The Kier molecular flexibility index (Phi) is 3.19. The van der Waals surface area contributed by atoms with Gasteiger partial charge in [0.15, 0.2) is 0 Å². The number of hydrogen-bond donors (Lipinski definition) is 0. The summed E-state index contributed by atoms with van der Waals surface area (Å²) in [7, 11) is -1.01. The van der Waals surface area contributed by atoms with Crippen LogP contribution in [0.3, 0.4) is 0 Å². The van der Waals surface area contributed by atoms with Crippen molar-refractivity contribution in [3.63, 3.8) is 0 Å².